The lowest BCUT2D eigenvalue weighted by atomic mass is 9.65. The van der Waals surface area contributed by atoms with Gasteiger partial charge in [-0.15, -0.1) is 0 Å². The molecule has 2 fully saturated rings. The van der Waals surface area contributed by atoms with Gasteiger partial charge in [-0.05, 0) is 43.1 Å². The van der Waals surface area contributed by atoms with Gasteiger partial charge in [0, 0.05) is 24.5 Å². The predicted octanol–water partition coefficient (Wildman–Crippen LogP) is 3.08. The van der Waals surface area contributed by atoms with E-state index < -0.39 is 0 Å². The number of likely N-dealkylation sites (tertiary alicyclic amines) is 1. The van der Waals surface area contributed by atoms with E-state index >= 15 is 0 Å². The van der Waals surface area contributed by atoms with Gasteiger partial charge in [0.2, 0.25) is 0 Å². The smallest absolute Gasteiger partial charge is 0.259 e. The summed E-state index contributed by atoms with van der Waals surface area (Å²) in [7, 11) is 0. The number of aromatic nitrogens is 3. The van der Waals surface area contributed by atoms with Crippen molar-refractivity contribution in [3.63, 3.8) is 0 Å². The lowest BCUT2D eigenvalue weighted by Gasteiger charge is -2.39. The molecule has 1 aliphatic heterocycles. The molecule has 1 aliphatic carbocycles. The quantitative estimate of drug-likeness (QED) is 0.813. The Morgan fingerprint density at radius 2 is 2.09 bits per heavy atom. The number of carbonyl (C=O) groups is 1. The first-order chi connectivity index (χ1) is 10.8. The van der Waals surface area contributed by atoms with Gasteiger partial charge in [0.05, 0.1) is 6.20 Å². The van der Waals surface area contributed by atoms with Gasteiger partial charge in [0.15, 0.2) is 5.65 Å². The van der Waals surface area contributed by atoms with E-state index in [-0.39, 0.29) is 11.3 Å². The minimum Gasteiger partial charge on any atom is -0.335 e. The van der Waals surface area contributed by atoms with Crippen molar-refractivity contribution in [2.24, 2.45) is 10.8 Å². The highest BCUT2D eigenvalue weighted by atomic mass is 16.2. The van der Waals surface area contributed by atoms with Gasteiger partial charge < -0.3 is 4.90 Å². The Bertz CT molecular complexity index is 793. The van der Waals surface area contributed by atoms with Crippen molar-refractivity contribution >= 4 is 11.6 Å². The predicted molar refractivity (Wildman–Crippen MR) is 88.3 cm³/mol. The molecule has 2 bridgehead atoms. The third-order valence-electron chi connectivity index (χ3n) is 5.41. The number of rotatable bonds is 1. The SMILES string of the molecule is Cc1ccn2ncc(C(=O)N3CC4(C)CC3CC(C)(C)C4)c2n1. The summed E-state index contributed by atoms with van der Waals surface area (Å²) < 4.78 is 1.69. The van der Waals surface area contributed by atoms with Gasteiger partial charge in [0.1, 0.15) is 5.56 Å². The molecule has 3 heterocycles. The number of hydrogen-bond acceptors (Lipinski definition) is 3. The Morgan fingerprint density at radius 1 is 1.30 bits per heavy atom. The number of nitrogens with zero attached hydrogens (tertiary/aromatic N) is 4. The van der Waals surface area contributed by atoms with Crippen LogP contribution in [0, 0.1) is 17.8 Å². The topological polar surface area (TPSA) is 50.5 Å². The monoisotopic (exact) mass is 312 g/mol. The lowest BCUT2D eigenvalue weighted by molar-refractivity contribution is 0.0710. The van der Waals surface area contributed by atoms with Crippen LogP contribution in [0.1, 0.15) is 56.1 Å². The summed E-state index contributed by atoms with van der Waals surface area (Å²) in [5, 5.41) is 4.29. The van der Waals surface area contributed by atoms with E-state index in [0.29, 0.717) is 22.7 Å². The Balaban J connectivity index is 1.71. The van der Waals surface area contributed by atoms with E-state index in [2.05, 4.69) is 35.8 Å². The van der Waals surface area contributed by atoms with E-state index in [0.717, 1.165) is 25.1 Å². The average molecular weight is 312 g/mol. The molecule has 0 N–H and O–H groups in total. The molecule has 5 nitrogen and oxygen atoms in total. The number of carbonyl (C=O) groups excluding carboxylic acids is 1. The maximum atomic E-state index is 13.2. The average Bonchev–Trinajstić information content (AvgIpc) is 2.95. The summed E-state index contributed by atoms with van der Waals surface area (Å²) in [6.07, 6.45) is 6.92. The van der Waals surface area contributed by atoms with Crippen LogP contribution in [0.4, 0.5) is 0 Å². The van der Waals surface area contributed by atoms with Crippen molar-refractivity contribution < 1.29 is 4.79 Å². The summed E-state index contributed by atoms with van der Waals surface area (Å²) in [6, 6.07) is 2.25. The molecule has 2 aliphatic rings. The van der Waals surface area contributed by atoms with Crippen molar-refractivity contribution in [1.82, 2.24) is 19.5 Å². The van der Waals surface area contributed by atoms with Gasteiger partial charge in [-0.2, -0.15) is 5.10 Å². The van der Waals surface area contributed by atoms with Crippen LogP contribution in [-0.2, 0) is 0 Å². The van der Waals surface area contributed by atoms with Gasteiger partial charge in [-0.1, -0.05) is 20.8 Å². The minimum absolute atomic E-state index is 0.0875. The van der Waals surface area contributed by atoms with E-state index in [1.165, 1.54) is 6.42 Å². The maximum absolute atomic E-state index is 13.2. The largest absolute Gasteiger partial charge is 0.335 e. The first-order valence-electron chi connectivity index (χ1n) is 8.38. The van der Waals surface area contributed by atoms with Crippen LogP contribution < -0.4 is 0 Å². The number of aryl methyl sites for hydroxylation is 1. The molecule has 4 rings (SSSR count). The Morgan fingerprint density at radius 3 is 2.87 bits per heavy atom. The van der Waals surface area contributed by atoms with Crippen LogP contribution in [-0.4, -0.2) is 38.0 Å². The standard InChI is InChI=1S/C18H24N4O/c1-12-5-6-22-15(20-12)14(9-19-22)16(23)21-11-18(4)8-13(21)7-17(2,3)10-18/h5-6,9,13H,7-8,10-11H2,1-4H3. The van der Waals surface area contributed by atoms with Crippen molar-refractivity contribution in [3.05, 3.63) is 29.7 Å². The van der Waals surface area contributed by atoms with Crippen LogP contribution in [0.2, 0.25) is 0 Å². The third-order valence-corrected chi connectivity index (χ3v) is 5.41. The minimum atomic E-state index is 0.0875. The molecular formula is C18H24N4O. The van der Waals surface area contributed by atoms with Crippen LogP contribution in [0.25, 0.3) is 5.65 Å². The molecule has 23 heavy (non-hydrogen) atoms. The molecule has 122 valence electrons. The van der Waals surface area contributed by atoms with Crippen LogP contribution in [0.3, 0.4) is 0 Å². The summed E-state index contributed by atoms with van der Waals surface area (Å²) in [5.74, 6) is 0.0875. The molecule has 2 atom stereocenters. The molecule has 0 radical (unpaired) electrons. The van der Waals surface area contributed by atoms with Crippen LogP contribution >= 0.6 is 0 Å². The Labute approximate surface area is 136 Å². The number of hydrogen-bond donors (Lipinski definition) is 0. The van der Waals surface area contributed by atoms with Crippen molar-refractivity contribution in [2.75, 3.05) is 6.54 Å². The number of amides is 1. The molecular weight excluding hydrogens is 288 g/mol. The molecule has 2 unspecified atom stereocenters. The van der Waals surface area contributed by atoms with Crippen molar-refractivity contribution in [3.8, 4) is 0 Å². The van der Waals surface area contributed by atoms with Gasteiger partial charge in [-0.25, -0.2) is 9.50 Å². The molecule has 2 aromatic heterocycles. The van der Waals surface area contributed by atoms with Crippen LogP contribution in [0.5, 0.6) is 0 Å². The summed E-state index contributed by atoms with van der Waals surface area (Å²) in [4.78, 5) is 19.8. The third kappa shape index (κ3) is 2.33. The molecule has 1 saturated heterocycles. The lowest BCUT2D eigenvalue weighted by Crippen LogP contribution is -2.37. The second-order valence-electron chi connectivity index (χ2n) is 8.54. The fourth-order valence-electron chi connectivity index (χ4n) is 4.96. The van der Waals surface area contributed by atoms with Gasteiger partial charge >= 0.3 is 0 Å². The fraction of sp³-hybridized carbons (Fsp3) is 0.611. The van der Waals surface area contributed by atoms with Crippen molar-refractivity contribution in [2.45, 2.75) is 53.0 Å². The zero-order chi connectivity index (χ0) is 16.4. The summed E-state index contributed by atoms with van der Waals surface area (Å²) >= 11 is 0. The zero-order valence-corrected chi connectivity index (χ0v) is 14.3. The summed E-state index contributed by atoms with van der Waals surface area (Å²) in [6.45, 7) is 9.76. The second kappa shape index (κ2) is 4.56. The van der Waals surface area contributed by atoms with Gasteiger partial charge in [0.25, 0.3) is 5.91 Å². The maximum Gasteiger partial charge on any atom is 0.259 e. The van der Waals surface area contributed by atoms with Crippen LogP contribution in [0.15, 0.2) is 18.5 Å². The molecule has 1 amide bonds. The first kappa shape index (κ1) is 14.7. The zero-order valence-electron chi connectivity index (χ0n) is 14.3. The molecule has 0 aromatic carbocycles. The van der Waals surface area contributed by atoms with E-state index in [1.807, 2.05) is 19.2 Å². The molecule has 0 spiro atoms. The summed E-state index contributed by atoms with van der Waals surface area (Å²) in [5.41, 5.74) is 2.75. The van der Waals surface area contributed by atoms with E-state index in [9.17, 15) is 4.79 Å². The van der Waals surface area contributed by atoms with Gasteiger partial charge in [-0.3, -0.25) is 4.79 Å². The highest BCUT2D eigenvalue weighted by Crippen LogP contribution is 2.52. The second-order valence-corrected chi connectivity index (χ2v) is 8.54. The van der Waals surface area contributed by atoms with E-state index in [1.54, 1.807) is 10.7 Å². The highest BCUT2D eigenvalue weighted by Gasteiger charge is 2.51. The van der Waals surface area contributed by atoms with E-state index in [4.69, 9.17) is 0 Å². The fourth-order valence-corrected chi connectivity index (χ4v) is 4.96. The molecule has 5 heteroatoms. The normalized spacial score (nSPS) is 29.2. The Hall–Kier alpha value is -1.91. The molecule has 1 saturated carbocycles. The highest BCUT2D eigenvalue weighted by molar-refractivity contribution is 6.00. The molecule has 2 aromatic rings. The first-order valence-corrected chi connectivity index (χ1v) is 8.38. The number of fused-ring (bicyclic) bond motifs is 3. The van der Waals surface area contributed by atoms with Crippen molar-refractivity contribution in [1.29, 1.82) is 0 Å². The Kier molecular flexibility index (Phi) is 2.91.